The maximum atomic E-state index is 14.3. The van der Waals surface area contributed by atoms with E-state index in [-0.39, 0.29) is 48.6 Å². The predicted molar refractivity (Wildman–Crippen MR) is 117 cm³/mol. The lowest BCUT2D eigenvalue weighted by Crippen LogP contribution is -2.74. The van der Waals surface area contributed by atoms with Gasteiger partial charge in [-0.1, -0.05) is 6.92 Å². The molecule has 0 aromatic heterocycles. The van der Waals surface area contributed by atoms with Crippen LogP contribution in [-0.4, -0.2) is 71.2 Å². The molecule has 5 heterocycles. The van der Waals surface area contributed by atoms with E-state index in [2.05, 4.69) is 0 Å². The first-order chi connectivity index (χ1) is 16.8. The van der Waals surface area contributed by atoms with E-state index in [1.54, 1.807) is 0 Å². The van der Waals surface area contributed by atoms with Gasteiger partial charge in [0.1, 0.15) is 24.1 Å². The maximum absolute atomic E-state index is 14.3. The Morgan fingerprint density at radius 2 is 1.69 bits per heavy atom. The summed E-state index contributed by atoms with van der Waals surface area (Å²) in [5, 5.41) is 9.90. The summed E-state index contributed by atoms with van der Waals surface area (Å²) >= 11 is 0. The smallest absolute Gasteiger partial charge is 0.340 e. The highest BCUT2D eigenvalue weighted by molar-refractivity contribution is 5.96. The molecule has 7 aliphatic rings. The molecule has 10 heteroatoms. The molecule has 194 valence electrons. The molecule has 0 bridgehead atoms. The Morgan fingerprint density at radius 1 is 0.944 bits per heavy atom. The van der Waals surface area contributed by atoms with Crippen molar-refractivity contribution >= 4 is 23.7 Å². The van der Waals surface area contributed by atoms with Gasteiger partial charge in [-0.3, -0.25) is 9.59 Å². The second-order valence-corrected chi connectivity index (χ2v) is 12.5. The summed E-state index contributed by atoms with van der Waals surface area (Å²) in [7, 11) is 0. The zero-order valence-corrected chi connectivity index (χ0v) is 20.7. The Kier molecular flexibility index (Phi) is 4.06. The number of ketones is 1. The number of hydrogen-bond donors (Lipinski definition) is 1. The van der Waals surface area contributed by atoms with Crippen LogP contribution in [0.2, 0.25) is 0 Å². The summed E-state index contributed by atoms with van der Waals surface area (Å²) in [6.45, 7) is 7.88. The van der Waals surface area contributed by atoms with Gasteiger partial charge in [-0.2, -0.15) is 0 Å². The van der Waals surface area contributed by atoms with Crippen molar-refractivity contribution in [3.8, 4) is 0 Å². The predicted octanol–water partition coefficient (Wildman–Crippen LogP) is 0.973. The molecule has 0 radical (unpaired) electrons. The van der Waals surface area contributed by atoms with E-state index in [0.29, 0.717) is 12.8 Å². The first-order valence-electron chi connectivity index (χ1n) is 12.7. The van der Waals surface area contributed by atoms with Crippen LogP contribution in [0.25, 0.3) is 0 Å². The van der Waals surface area contributed by atoms with Crippen molar-refractivity contribution in [3.05, 3.63) is 11.6 Å². The zero-order valence-electron chi connectivity index (χ0n) is 20.7. The molecular formula is C26H30O10. The Balaban J connectivity index is 1.39. The number of epoxide rings is 1. The number of Topliss-reactive ketones (excluding diaryl/α,β-unsaturated/α-hetero) is 1. The minimum Gasteiger partial charge on any atom is -0.465 e. The number of esters is 3. The fraction of sp³-hybridized carbons (Fsp3) is 0.769. The fourth-order valence-electron chi connectivity index (χ4n) is 9.51. The summed E-state index contributed by atoms with van der Waals surface area (Å²) in [5.74, 6) is -2.12. The van der Waals surface area contributed by atoms with E-state index in [9.17, 15) is 24.3 Å². The molecule has 7 rings (SSSR count). The van der Waals surface area contributed by atoms with Crippen LogP contribution in [0.5, 0.6) is 0 Å². The molecule has 4 saturated heterocycles. The topological polar surface area (TPSA) is 138 Å². The van der Waals surface area contributed by atoms with Crippen LogP contribution in [0.1, 0.15) is 53.4 Å². The molecule has 1 N–H and O–H groups in total. The van der Waals surface area contributed by atoms with Crippen LogP contribution in [0, 0.1) is 28.1 Å². The van der Waals surface area contributed by atoms with Crippen LogP contribution >= 0.6 is 0 Å². The highest BCUT2D eigenvalue weighted by Gasteiger charge is 2.90. The zero-order chi connectivity index (χ0) is 25.6. The maximum Gasteiger partial charge on any atom is 0.340 e. The Labute approximate surface area is 207 Å². The number of fused-ring (bicyclic) bond motifs is 1. The molecule has 2 aliphatic carbocycles. The molecule has 36 heavy (non-hydrogen) atoms. The lowest BCUT2D eigenvalue weighted by Gasteiger charge is -2.65. The number of hydrogen-bond acceptors (Lipinski definition) is 10. The van der Waals surface area contributed by atoms with Gasteiger partial charge in [0, 0.05) is 23.2 Å². The number of cyclic esters (lactones) is 3. The molecular weight excluding hydrogens is 472 g/mol. The molecule has 10 atom stereocenters. The third-order valence-corrected chi connectivity index (χ3v) is 11.0. The summed E-state index contributed by atoms with van der Waals surface area (Å²) in [6, 6.07) is 0. The SMILES string of the molecule is CC1(C)O[C@H]2CC(=O)OC[C@]23[C@H]2CC[C@@]4(C)[C@H](C5=C[C@@H](O)OC5=O)OC(=O)[C@H]5O[C@]54[C@]2(C)C(=O)C[C@@H]13. The van der Waals surface area contributed by atoms with Gasteiger partial charge in [0.25, 0.3) is 0 Å². The van der Waals surface area contributed by atoms with Crippen LogP contribution in [0.4, 0.5) is 0 Å². The van der Waals surface area contributed by atoms with Crippen molar-refractivity contribution in [2.45, 2.75) is 89.2 Å². The quantitative estimate of drug-likeness (QED) is 0.314. The highest BCUT2D eigenvalue weighted by atomic mass is 16.7. The lowest BCUT2D eigenvalue weighted by molar-refractivity contribution is -0.221. The van der Waals surface area contributed by atoms with Gasteiger partial charge in [-0.05, 0) is 45.6 Å². The highest BCUT2D eigenvalue weighted by Crippen LogP contribution is 2.78. The average Bonchev–Trinajstić information content (AvgIpc) is 3.43. The second kappa shape index (κ2) is 6.39. The van der Waals surface area contributed by atoms with Crippen molar-refractivity contribution in [1.82, 2.24) is 0 Å². The largest absolute Gasteiger partial charge is 0.465 e. The average molecular weight is 503 g/mol. The van der Waals surface area contributed by atoms with Crippen LogP contribution in [-0.2, 0) is 42.9 Å². The van der Waals surface area contributed by atoms with Crippen molar-refractivity contribution in [2.75, 3.05) is 6.61 Å². The summed E-state index contributed by atoms with van der Waals surface area (Å²) in [4.78, 5) is 52.3. The van der Waals surface area contributed by atoms with Gasteiger partial charge >= 0.3 is 17.9 Å². The number of rotatable bonds is 1. The summed E-state index contributed by atoms with van der Waals surface area (Å²) in [5.41, 5.74) is -4.37. The monoisotopic (exact) mass is 502 g/mol. The van der Waals surface area contributed by atoms with Crippen molar-refractivity contribution < 1.29 is 48.0 Å². The van der Waals surface area contributed by atoms with E-state index in [0.717, 1.165) is 0 Å². The first-order valence-corrected chi connectivity index (χ1v) is 12.7. The normalized spacial score (nSPS) is 54.1. The molecule has 2 spiro atoms. The van der Waals surface area contributed by atoms with Gasteiger partial charge in [-0.25, -0.2) is 9.59 Å². The number of aliphatic hydroxyl groups is 1. The van der Waals surface area contributed by atoms with Crippen LogP contribution in [0.3, 0.4) is 0 Å². The summed E-state index contributed by atoms with van der Waals surface area (Å²) < 4.78 is 29.1. The fourth-order valence-corrected chi connectivity index (χ4v) is 9.51. The van der Waals surface area contributed by atoms with E-state index in [1.165, 1.54) is 6.08 Å². The van der Waals surface area contributed by atoms with Crippen LogP contribution in [0.15, 0.2) is 11.6 Å². The number of ether oxygens (including phenoxy) is 5. The van der Waals surface area contributed by atoms with Gasteiger partial charge in [0.15, 0.2) is 6.10 Å². The van der Waals surface area contributed by atoms with E-state index < -0.39 is 64.0 Å². The van der Waals surface area contributed by atoms with Gasteiger partial charge in [0.2, 0.25) is 6.29 Å². The van der Waals surface area contributed by atoms with E-state index in [1.807, 2.05) is 27.7 Å². The minimum atomic E-state index is -1.41. The lowest BCUT2D eigenvalue weighted by atomic mass is 9.37. The minimum absolute atomic E-state index is 0.0118. The van der Waals surface area contributed by atoms with Gasteiger partial charge in [-0.15, -0.1) is 0 Å². The molecule has 2 saturated carbocycles. The molecule has 5 aliphatic heterocycles. The van der Waals surface area contributed by atoms with Crippen LogP contribution < -0.4 is 0 Å². The molecule has 0 aromatic rings. The Morgan fingerprint density at radius 3 is 2.39 bits per heavy atom. The van der Waals surface area contributed by atoms with Gasteiger partial charge in [0.05, 0.1) is 29.1 Å². The number of carbonyl (C=O) groups excluding carboxylic acids is 4. The first kappa shape index (κ1) is 22.9. The van der Waals surface area contributed by atoms with Gasteiger partial charge < -0.3 is 28.8 Å². The third kappa shape index (κ3) is 2.23. The molecule has 10 nitrogen and oxygen atoms in total. The summed E-state index contributed by atoms with van der Waals surface area (Å²) in [6.07, 6.45) is -1.12. The van der Waals surface area contributed by atoms with Crippen molar-refractivity contribution in [2.24, 2.45) is 28.1 Å². The second-order valence-electron chi connectivity index (χ2n) is 12.5. The molecule has 0 unspecified atom stereocenters. The van der Waals surface area contributed by atoms with E-state index in [4.69, 9.17) is 23.7 Å². The molecule has 0 amide bonds. The van der Waals surface area contributed by atoms with Crippen molar-refractivity contribution in [1.29, 1.82) is 0 Å². The van der Waals surface area contributed by atoms with E-state index >= 15 is 0 Å². The Hall–Kier alpha value is -2.30. The standard InChI is InChI=1S/C26H30O10/c1-22(2)13-8-14(27)24(4)12(25(13)10-32-16(28)9-15(25)35-22)5-6-23(3)18(11-7-17(29)33-20(11)30)34-21(31)19-26(23,24)36-19/h7,12-13,15,17-19,29H,5-6,8-10H2,1-4H3/t12-,13-,15-,17-,18-,19+,23-,24-,25+,26+/m0/s1. The molecule has 0 aromatic carbocycles. The third-order valence-electron chi connectivity index (χ3n) is 11.0. The Bertz CT molecular complexity index is 1170. The van der Waals surface area contributed by atoms with Crippen molar-refractivity contribution in [3.63, 3.8) is 0 Å². The number of aliphatic hydroxyl groups excluding tert-OH is 1. The molecule has 6 fully saturated rings. The number of carbonyl (C=O) groups is 4.